The minimum atomic E-state index is -0.201. The van der Waals surface area contributed by atoms with Crippen molar-refractivity contribution < 1.29 is 9.53 Å². The molecular weight excluding hydrogens is 418 g/mol. The molecule has 1 amide bonds. The maximum atomic E-state index is 13.2. The molecule has 2 aromatic carbocycles. The summed E-state index contributed by atoms with van der Waals surface area (Å²) in [5, 5.41) is 7.49. The van der Waals surface area contributed by atoms with Crippen molar-refractivity contribution in [1.29, 1.82) is 0 Å². The highest BCUT2D eigenvalue weighted by molar-refractivity contribution is 5.91. The normalized spacial score (nSPS) is 11.0. The summed E-state index contributed by atoms with van der Waals surface area (Å²) in [5.74, 6) is 0.464. The SMILES string of the molecule is CCn1c(=O)c(CCC(=O)Nc2cccc(OC)c2)nc2c(C)nn(-c3ccc(C)cc3)c21. The van der Waals surface area contributed by atoms with Crippen LogP contribution < -0.4 is 15.6 Å². The van der Waals surface area contributed by atoms with Gasteiger partial charge in [0.05, 0.1) is 18.5 Å². The molecule has 0 saturated heterocycles. The number of amides is 1. The number of carbonyl (C=O) groups is 1. The first-order chi connectivity index (χ1) is 15.9. The summed E-state index contributed by atoms with van der Waals surface area (Å²) in [6, 6.07) is 15.1. The van der Waals surface area contributed by atoms with E-state index in [9.17, 15) is 9.59 Å². The number of nitrogens with one attached hydrogen (secondary N) is 1. The Hall–Kier alpha value is -3.94. The van der Waals surface area contributed by atoms with E-state index in [-0.39, 0.29) is 24.3 Å². The summed E-state index contributed by atoms with van der Waals surface area (Å²) in [6.07, 6.45) is 0.375. The Morgan fingerprint density at radius 1 is 1.12 bits per heavy atom. The Morgan fingerprint density at radius 3 is 2.58 bits per heavy atom. The maximum Gasteiger partial charge on any atom is 0.273 e. The highest BCUT2D eigenvalue weighted by Gasteiger charge is 2.19. The fourth-order valence-electron chi connectivity index (χ4n) is 3.79. The van der Waals surface area contributed by atoms with Crippen LogP contribution in [0.5, 0.6) is 5.75 Å². The molecule has 4 aromatic rings. The topological polar surface area (TPSA) is 91.0 Å². The number of ether oxygens (including phenoxy) is 1. The van der Waals surface area contributed by atoms with Crippen molar-refractivity contribution in [3.05, 3.63) is 75.8 Å². The van der Waals surface area contributed by atoms with Gasteiger partial charge in [-0.15, -0.1) is 0 Å². The van der Waals surface area contributed by atoms with Gasteiger partial charge in [-0.3, -0.25) is 14.2 Å². The van der Waals surface area contributed by atoms with E-state index in [2.05, 4.69) is 15.4 Å². The Bertz CT molecular complexity index is 1370. The third kappa shape index (κ3) is 4.50. The summed E-state index contributed by atoms with van der Waals surface area (Å²) in [7, 11) is 1.57. The first kappa shape index (κ1) is 22.3. The third-order valence-corrected chi connectivity index (χ3v) is 5.54. The molecule has 8 heteroatoms. The van der Waals surface area contributed by atoms with E-state index >= 15 is 0 Å². The second kappa shape index (κ2) is 9.28. The number of anilines is 1. The number of benzene rings is 2. The van der Waals surface area contributed by atoms with E-state index in [0.717, 1.165) is 16.9 Å². The maximum absolute atomic E-state index is 13.2. The Labute approximate surface area is 191 Å². The number of hydrogen-bond donors (Lipinski definition) is 1. The largest absolute Gasteiger partial charge is 0.497 e. The average molecular weight is 446 g/mol. The lowest BCUT2D eigenvalue weighted by Gasteiger charge is -2.11. The van der Waals surface area contributed by atoms with Gasteiger partial charge < -0.3 is 10.1 Å². The quantitative estimate of drug-likeness (QED) is 0.467. The number of nitrogens with zero attached hydrogens (tertiary/aromatic N) is 4. The van der Waals surface area contributed by atoms with E-state index in [0.29, 0.717) is 34.8 Å². The standard InChI is InChI=1S/C25H27N5O3/c1-5-29-24-23(17(3)28-30(24)19-11-9-16(2)10-12-19)27-21(25(29)32)13-14-22(31)26-18-7-6-8-20(15-18)33-4/h6-12,15H,5,13-14H2,1-4H3,(H,26,31). The molecule has 8 nitrogen and oxygen atoms in total. The molecule has 0 fully saturated rings. The van der Waals surface area contributed by atoms with Gasteiger partial charge in [0, 0.05) is 31.1 Å². The number of carbonyl (C=O) groups excluding carboxylic acids is 1. The van der Waals surface area contributed by atoms with E-state index in [1.54, 1.807) is 40.6 Å². The number of aryl methyl sites for hydroxylation is 4. The number of fused-ring (bicyclic) bond motifs is 1. The Kier molecular flexibility index (Phi) is 6.26. The molecule has 0 atom stereocenters. The monoisotopic (exact) mass is 445 g/mol. The minimum absolute atomic E-state index is 0.139. The van der Waals surface area contributed by atoms with Gasteiger partial charge in [0.15, 0.2) is 5.65 Å². The molecule has 0 saturated carbocycles. The molecule has 0 bridgehead atoms. The van der Waals surface area contributed by atoms with E-state index in [1.807, 2.05) is 45.0 Å². The number of rotatable bonds is 7. The molecule has 2 aromatic heterocycles. The van der Waals surface area contributed by atoms with E-state index in [1.165, 1.54) is 0 Å². The first-order valence-corrected chi connectivity index (χ1v) is 10.9. The van der Waals surface area contributed by atoms with Crippen LogP contribution in [0.3, 0.4) is 0 Å². The summed E-state index contributed by atoms with van der Waals surface area (Å²) >= 11 is 0. The molecule has 33 heavy (non-hydrogen) atoms. The number of methoxy groups -OCH3 is 1. The first-order valence-electron chi connectivity index (χ1n) is 10.9. The lowest BCUT2D eigenvalue weighted by molar-refractivity contribution is -0.116. The van der Waals surface area contributed by atoms with Crippen LogP contribution in [-0.4, -0.2) is 32.3 Å². The smallest absolute Gasteiger partial charge is 0.273 e. The van der Waals surface area contributed by atoms with Crippen LogP contribution >= 0.6 is 0 Å². The molecular formula is C25H27N5O3. The van der Waals surface area contributed by atoms with Crippen LogP contribution in [0.1, 0.15) is 30.3 Å². The lowest BCUT2D eigenvalue weighted by Crippen LogP contribution is -2.27. The summed E-state index contributed by atoms with van der Waals surface area (Å²) in [6.45, 7) is 6.29. The van der Waals surface area contributed by atoms with Crippen LogP contribution in [0.15, 0.2) is 53.3 Å². The second-order valence-electron chi connectivity index (χ2n) is 7.89. The van der Waals surface area contributed by atoms with Crippen molar-refractivity contribution in [2.45, 2.75) is 40.2 Å². The zero-order valence-corrected chi connectivity index (χ0v) is 19.3. The van der Waals surface area contributed by atoms with Gasteiger partial charge in [-0.1, -0.05) is 23.8 Å². The van der Waals surface area contributed by atoms with Gasteiger partial charge in [-0.2, -0.15) is 5.10 Å². The van der Waals surface area contributed by atoms with Gasteiger partial charge in [-0.05, 0) is 45.0 Å². The zero-order chi connectivity index (χ0) is 23.5. The zero-order valence-electron chi connectivity index (χ0n) is 19.3. The fraction of sp³-hybridized carbons (Fsp3) is 0.280. The number of aromatic nitrogens is 4. The molecule has 0 unspecified atom stereocenters. The van der Waals surface area contributed by atoms with Gasteiger partial charge in [0.2, 0.25) is 5.91 Å². The molecule has 0 aliphatic carbocycles. The van der Waals surface area contributed by atoms with Crippen LogP contribution in [0.2, 0.25) is 0 Å². The average Bonchev–Trinajstić information content (AvgIpc) is 3.14. The number of hydrogen-bond acceptors (Lipinski definition) is 5. The molecule has 4 rings (SSSR count). The van der Waals surface area contributed by atoms with Gasteiger partial charge >= 0.3 is 0 Å². The van der Waals surface area contributed by atoms with Crippen LogP contribution in [-0.2, 0) is 17.8 Å². The van der Waals surface area contributed by atoms with Crippen LogP contribution in [0, 0.1) is 13.8 Å². The molecule has 0 aliphatic heterocycles. The van der Waals surface area contributed by atoms with Crippen molar-refractivity contribution in [3.8, 4) is 11.4 Å². The van der Waals surface area contributed by atoms with Crippen molar-refractivity contribution in [2.24, 2.45) is 0 Å². The summed E-state index contributed by atoms with van der Waals surface area (Å²) in [4.78, 5) is 30.4. The summed E-state index contributed by atoms with van der Waals surface area (Å²) in [5.41, 5.74) is 4.87. The third-order valence-electron chi connectivity index (χ3n) is 5.54. The predicted octanol–water partition coefficient (Wildman–Crippen LogP) is 3.80. The minimum Gasteiger partial charge on any atom is -0.497 e. The highest BCUT2D eigenvalue weighted by Crippen LogP contribution is 2.21. The second-order valence-corrected chi connectivity index (χ2v) is 7.89. The molecule has 170 valence electrons. The van der Waals surface area contributed by atoms with Crippen molar-refractivity contribution in [3.63, 3.8) is 0 Å². The molecule has 2 heterocycles. The van der Waals surface area contributed by atoms with Gasteiger partial charge in [0.25, 0.3) is 5.56 Å². The predicted molar refractivity (Wildman–Crippen MR) is 128 cm³/mol. The summed E-state index contributed by atoms with van der Waals surface area (Å²) < 4.78 is 8.63. The fourth-order valence-corrected chi connectivity index (χ4v) is 3.79. The van der Waals surface area contributed by atoms with Crippen LogP contribution in [0.25, 0.3) is 16.9 Å². The van der Waals surface area contributed by atoms with Crippen molar-refractivity contribution in [1.82, 2.24) is 19.3 Å². The van der Waals surface area contributed by atoms with Crippen molar-refractivity contribution >= 4 is 22.8 Å². The van der Waals surface area contributed by atoms with Gasteiger partial charge in [-0.25, -0.2) is 9.67 Å². The van der Waals surface area contributed by atoms with E-state index < -0.39 is 0 Å². The Morgan fingerprint density at radius 2 is 1.88 bits per heavy atom. The molecule has 0 aliphatic rings. The van der Waals surface area contributed by atoms with Gasteiger partial charge in [0.1, 0.15) is 17.0 Å². The molecule has 0 spiro atoms. The highest BCUT2D eigenvalue weighted by atomic mass is 16.5. The lowest BCUT2D eigenvalue weighted by atomic mass is 10.2. The molecule has 1 N–H and O–H groups in total. The van der Waals surface area contributed by atoms with E-state index in [4.69, 9.17) is 4.74 Å². The van der Waals surface area contributed by atoms with Crippen molar-refractivity contribution in [2.75, 3.05) is 12.4 Å². The Balaban J connectivity index is 1.63. The molecule has 0 radical (unpaired) electrons. The van der Waals surface area contributed by atoms with Crippen LogP contribution in [0.4, 0.5) is 5.69 Å².